The first kappa shape index (κ1) is 14.0. The standard InChI is InChI=1S/C15H22N2O2.H2/c1-13-3-5-14(6-4-13)15(18)16-7-2-8-17-9-11-19-12-10-17;/h3-6H,2,7-12H2,1H3,(H,16,18);1H. The fourth-order valence-corrected chi connectivity index (χ4v) is 2.14. The zero-order chi connectivity index (χ0) is 13.5. The molecule has 0 aliphatic carbocycles. The van der Waals surface area contributed by atoms with Crippen molar-refractivity contribution in [1.82, 2.24) is 10.2 Å². The van der Waals surface area contributed by atoms with Crippen LogP contribution in [-0.4, -0.2) is 50.2 Å². The molecular formula is C15H24N2O2. The molecule has 4 nitrogen and oxygen atoms in total. The zero-order valence-electron chi connectivity index (χ0n) is 11.5. The van der Waals surface area contributed by atoms with Gasteiger partial charge in [-0.25, -0.2) is 0 Å². The SMILES string of the molecule is Cc1ccc(C(=O)NCCCN2CCOCC2)cc1.[HH]. The van der Waals surface area contributed by atoms with Gasteiger partial charge in [0.1, 0.15) is 0 Å². The van der Waals surface area contributed by atoms with E-state index >= 15 is 0 Å². The minimum atomic E-state index is 0. The van der Waals surface area contributed by atoms with Crippen molar-refractivity contribution >= 4 is 5.91 Å². The normalized spacial score (nSPS) is 16.3. The summed E-state index contributed by atoms with van der Waals surface area (Å²) in [7, 11) is 0. The molecule has 1 fully saturated rings. The van der Waals surface area contributed by atoms with E-state index in [1.807, 2.05) is 31.2 Å². The largest absolute Gasteiger partial charge is 0.379 e. The van der Waals surface area contributed by atoms with Crippen LogP contribution in [0.3, 0.4) is 0 Å². The second-order valence-corrected chi connectivity index (χ2v) is 4.93. The van der Waals surface area contributed by atoms with Gasteiger partial charge >= 0.3 is 0 Å². The van der Waals surface area contributed by atoms with E-state index in [1.165, 1.54) is 5.56 Å². The van der Waals surface area contributed by atoms with Crippen LogP contribution in [0.1, 0.15) is 23.8 Å². The van der Waals surface area contributed by atoms with Gasteiger partial charge in [0.25, 0.3) is 5.91 Å². The average molecular weight is 264 g/mol. The van der Waals surface area contributed by atoms with Crippen LogP contribution in [-0.2, 0) is 4.74 Å². The first-order chi connectivity index (χ1) is 9.25. The molecule has 1 amide bonds. The minimum Gasteiger partial charge on any atom is -0.379 e. The zero-order valence-corrected chi connectivity index (χ0v) is 11.5. The number of nitrogens with one attached hydrogen (secondary N) is 1. The number of ether oxygens (including phenoxy) is 1. The van der Waals surface area contributed by atoms with E-state index in [0.717, 1.165) is 51.4 Å². The predicted octanol–water partition coefficient (Wildman–Crippen LogP) is 1.69. The Kier molecular flexibility index (Phi) is 5.36. The first-order valence-electron chi connectivity index (χ1n) is 6.91. The number of morpholine rings is 1. The van der Waals surface area contributed by atoms with Crippen LogP contribution >= 0.6 is 0 Å². The molecule has 1 aromatic carbocycles. The van der Waals surface area contributed by atoms with Crippen molar-refractivity contribution in [3.63, 3.8) is 0 Å². The van der Waals surface area contributed by atoms with E-state index in [2.05, 4.69) is 10.2 Å². The molecule has 1 heterocycles. The lowest BCUT2D eigenvalue weighted by atomic mass is 10.1. The summed E-state index contributed by atoms with van der Waals surface area (Å²) in [5.74, 6) is 0.0157. The van der Waals surface area contributed by atoms with Crippen LogP contribution in [0.2, 0.25) is 0 Å². The molecule has 0 bridgehead atoms. The van der Waals surface area contributed by atoms with Gasteiger partial charge in [0.15, 0.2) is 0 Å². The van der Waals surface area contributed by atoms with Crippen molar-refractivity contribution in [2.75, 3.05) is 39.4 Å². The number of carbonyl (C=O) groups is 1. The molecule has 1 saturated heterocycles. The quantitative estimate of drug-likeness (QED) is 0.823. The fourth-order valence-electron chi connectivity index (χ4n) is 2.14. The lowest BCUT2D eigenvalue weighted by molar-refractivity contribution is 0.0374. The monoisotopic (exact) mass is 264 g/mol. The Balaban J connectivity index is 0.00000200. The molecule has 1 aliphatic heterocycles. The third-order valence-corrected chi connectivity index (χ3v) is 3.35. The molecule has 0 unspecified atom stereocenters. The summed E-state index contributed by atoms with van der Waals surface area (Å²) >= 11 is 0. The van der Waals surface area contributed by atoms with E-state index in [4.69, 9.17) is 4.74 Å². The Morgan fingerprint density at radius 1 is 1.32 bits per heavy atom. The number of hydrogen-bond acceptors (Lipinski definition) is 3. The van der Waals surface area contributed by atoms with Gasteiger partial charge in [-0.3, -0.25) is 9.69 Å². The molecule has 0 saturated carbocycles. The summed E-state index contributed by atoms with van der Waals surface area (Å²) in [6.45, 7) is 7.44. The van der Waals surface area contributed by atoms with Crippen molar-refractivity contribution in [2.24, 2.45) is 0 Å². The van der Waals surface area contributed by atoms with E-state index in [-0.39, 0.29) is 7.33 Å². The molecular weight excluding hydrogens is 240 g/mol. The number of amides is 1. The van der Waals surface area contributed by atoms with Crippen molar-refractivity contribution in [2.45, 2.75) is 13.3 Å². The van der Waals surface area contributed by atoms with Crippen LogP contribution in [0, 0.1) is 6.92 Å². The number of nitrogens with zero attached hydrogens (tertiary/aromatic N) is 1. The Morgan fingerprint density at radius 3 is 2.68 bits per heavy atom. The van der Waals surface area contributed by atoms with E-state index < -0.39 is 0 Å². The van der Waals surface area contributed by atoms with Gasteiger partial charge in [-0.1, -0.05) is 17.7 Å². The highest BCUT2D eigenvalue weighted by molar-refractivity contribution is 5.94. The maximum Gasteiger partial charge on any atom is 0.251 e. The first-order valence-corrected chi connectivity index (χ1v) is 6.91. The van der Waals surface area contributed by atoms with Gasteiger partial charge < -0.3 is 10.1 Å². The van der Waals surface area contributed by atoms with Crippen LogP contribution in [0.4, 0.5) is 0 Å². The maximum atomic E-state index is 11.9. The highest BCUT2D eigenvalue weighted by Gasteiger charge is 2.09. The topological polar surface area (TPSA) is 41.6 Å². The number of benzene rings is 1. The summed E-state index contributed by atoms with van der Waals surface area (Å²) in [4.78, 5) is 14.2. The van der Waals surface area contributed by atoms with Crippen molar-refractivity contribution < 1.29 is 11.0 Å². The summed E-state index contributed by atoms with van der Waals surface area (Å²) < 4.78 is 5.30. The second-order valence-electron chi connectivity index (χ2n) is 4.93. The molecule has 4 heteroatoms. The van der Waals surface area contributed by atoms with Crippen molar-refractivity contribution in [3.05, 3.63) is 35.4 Å². The van der Waals surface area contributed by atoms with E-state index in [1.54, 1.807) is 0 Å². The molecule has 0 radical (unpaired) electrons. The predicted molar refractivity (Wildman–Crippen MR) is 77.5 cm³/mol. The molecule has 1 aliphatic rings. The van der Waals surface area contributed by atoms with Gasteiger partial charge in [-0.05, 0) is 32.0 Å². The molecule has 106 valence electrons. The van der Waals surface area contributed by atoms with Crippen LogP contribution in [0.15, 0.2) is 24.3 Å². The summed E-state index contributed by atoms with van der Waals surface area (Å²) in [6.07, 6.45) is 0.984. The van der Waals surface area contributed by atoms with Gasteiger partial charge in [0.05, 0.1) is 13.2 Å². The summed E-state index contributed by atoms with van der Waals surface area (Å²) in [5, 5.41) is 2.96. The van der Waals surface area contributed by atoms with Gasteiger partial charge in [0, 0.05) is 26.6 Å². The molecule has 0 aromatic heterocycles. The van der Waals surface area contributed by atoms with Gasteiger partial charge in [-0.15, -0.1) is 0 Å². The highest BCUT2D eigenvalue weighted by atomic mass is 16.5. The Morgan fingerprint density at radius 2 is 2.00 bits per heavy atom. The lowest BCUT2D eigenvalue weighted by Gasteiger charge is -2.26. The van der Waals surface area contributed by atoms with Crippen LogP contribution < -0.4 is 5.32 Å². The Labute approximate surface area is 116 Å². The second kappa shape index (κ2) is 7.26. The summed E-state index contributed by atoms with van der Waals surface area (Å²) in [5.41, 5.74) is 1.90. The Bertz CT molecular complexity index is 403. The third kappa shape index (κ3) is 4.65. The molecule has 0 atom stereocenters. The molecule has 1 aromatic rings. The van der Waals surface area contributed by atoms with Gasteiger partial charge in [0.2, 0.25) is 0 Å². The third-order valence-electron chi connectivity index (χ3n) is 3.35. The fraction of sp³-hybridized carbons (Fsp3) is 0.533. The molecule has 2 rings (SSSR count). The smallest absolute Gasteiger partial charge is 0.251 e. The van der Waals surface area contributed by atoms with E-state index in [0.29, 0.717) is 0 Å². The average Bonchev–Trinajstić information content (AvgIpc) is 2.45. The lowest BCUT2D eigenvalue weighted by Crippen LogP contribution is -2.38. The molecule has 0 spiro atoms. The number of aryl methyl sites for hydroxylation is 1. The molecule has 19 heavy (non-hydrogen) atoms. The van der Waals surface area contributed by atoms with E-state index in [9.17, 15) is 4.79 Å². The van der Waals surface area contributed by atoms with Crippen molar-refractivity contribution in [3.8, 4) is 0 Å². The van der Waals surface area contributed by atoms with Crippen molar-refractivity contribution in [1.29, 1.82) is 0 Å². The van der Waals surface area contributed by atoms with Gasteiger partial charge in [-0.2, -0.15) is 0 Å². The summed E-state index contributed by atoms with van der Waals surface area (Å²) in [6, 6.07) is 7.66. The number of rotatable bonds is 5. The molecule has 1 N–H and O–H groups in total. The number of hydrogen-bond donors (Lipinski definition) is 1. The maximum absolute atomic E-state index is 11.9. The minimum absolute atomic E-state index is 0. The Hall–Kier alpha value is -1.39. The van der Waals surface area contributed by atoms with Crippen LogP contribution in [0.5, 0.6) is 0 Å². The number of carbonyl (C=O) groups excluding carboxylic acids is 1. The highest BCUT2D eigenvalue weighted by Crippen LogP contribution is 2.03. The van der Waals surface area contributed by atoms with Crippen LogP contribution in [0.25, 0.3) is 0 Å².